The summed E-state index contributed by atoms with van der Waals surface area (Å²) >= 11 is 4.37. The van der Waals surface area contributed by atoms with Crippen LogP contribution in [0.15, 0.2) is 30.8 Å². The Bertz CT molecular complexity index is 342. The zero-order chi connectivity index (χ0) is 11.5. The van der Waals surface area contributed by atoms with Crippen LogP contribution >= 0.6 is 12.6 Å². The molecule has 0 aliphatic heterocycles. The normalized spacial score (nSPS) is 13.6. The number of rotatable bonds is 4. The Hall–Kier alpha value is -0.770. The highest BCUT2D eigenvalue weighted by atomic mass is 32.1. The lowest BCUT2D eigenvalue weighted by Gasteiger charge is -2.21. The summed E-state index contributed by atoms with van der Waals surface area (Å²) < 4.78 is 0. The van der Waals surface area contributed by atoms with Crippen molar-refractivity contribution < 1.29 is 10.2 Å². The monoisotopic (exact) mass is 224 g/mol. The van der Waals surface area contributed by atoms with Crippen LogP contribution in [0.5, 0.6) is 0 Å². The fourth-order valence-corrected chi connectivity index (χ4v) is 2.06. The van der Waals surface area contributed by atoms with Crippen LogP contribution in [0.25, 0.3) is 6.08 Å². The molecule has 2 nitrogen and oxygen atoms in total. The lowest BCUT2D eigenvalue weighted by Crippen LogP contribution is -2.24. The zero-order valence-electron chi connectivity index (χ0n) is 8.72. The van der Waals surface area contributed by atoms with Gasteiger partial charge in [-0.05, 0) is 18.1 Å². The van der Waals surface area contributed by atoms with E-state index >= 15 is 0 Å². The van der Waals surface area contributed by atoms with Crippen molar-refractivity contribution in [3.63, 3.8) is 0 Å². The van der Waals surface area contributed by atoms with Crippen molar-refractivity contribution in [3.05, 3.63) is 42.0 Å². The third-order valence-electron chi connectivity index (χ3n) is 2.15. The van der Waals surface area contributed by atoms with Crippen molar-refractivity contribution in [2.45, 2.75) is 24.4 Å². The number of hydrogen-bond donors (Lipinski definition) is 3. The molecule has 0 heterocycles. The van der Waals surface area contributed by atoms with E-state index in [0.29, 0.717) is 0 Å². The molecule has 1 rings (SSSR count). The predicted octanol–water partition coefficient (Wildman–Crippen LogP) is 2.39. The Kier molecular flexibility index (Phi) is 3.97. The van der Waals surface area contributed by atoms with E-state index in [1.807, 2.05) is 24.3 Å². The van der Waals surface area contributed by atoms with Crippen LogP contribution in [-0.2, 0) is 0 Å². The molecule has 0 spiro atoms. The summed E-state index contributed by atoms with van der Waals surface area (Å²) in [5.74, 6) is -1.69. The quantitative estimate of drug-likeness (QED) is 0.543. The standard InChI is InChI=1S/C12H16O2S/c1-3-9-6-4-5-7-10(9)11(15)8-12(2,13)14/h3-7,11,13-15H,1,8H2,2H3. The first kappa shape index (κ1) is 12.3. The molecule has 0 aliphatic carbocycles. The van der Waals surface area contributed by atoms with Gasteiger partial charge in [0.1, 0.15) is 0 Å². The van der Waals surface area contributed by atoms with Gasteiger partial charge >= 0.3 is 0 Å². The molecule has 0 aromatic heterocycles. The fourth-order valence-electron chi connectivity index (χ4n) is 1.48. The fraction of sp³-hybridized carbons (Fsp3) is 0.333. The summed E-state index contributed by atoms with van der Waals surface area (Å²) in [6, 6.07) is 7.66. The van der Waals surface area contributed by atoms with Crippen LogP contribution in [0.3, 0.4) is 0 Å². The van der Waals surface area contributed by atoms with Crippen molar-refractivity contribution in [1.82, 2.24) is 0 Å². The number of hydrogen-bond acceptors (Lipinski definition) is 3. The Morgan fingerprint density at radius 3 is 2.60 bits per heavy atom. The lowest BCUT2D eigenvalue weighted by molar-refractivity contribution is -0.149. The Balaban J connectivity index is 2.90. The molecular formula is C12H16O2S. The molecule has 0 bridgehead atoms. The van der Waals surface area contributed by atoms with Gasteiger partial charge in [-0.25, -0.2) is 0 Å². The molecule has 2 N–H and O–H groups in total. The van der Waals surface area contributed by atoms with Gasteiger partial charge in [-0.2, -0.15) is 12.6 Å². The molecule has 0 fully saturated rings. The van der Waals surface area contributed by atoms with E-state index in [1.165, 1.54) is 6.92 Å². The summed E-state index contributed by atoms with van der Waals surface area (Å²) in [7, 11) is 0. The third kappa shape index (κ3) is 3.70. The first-order valence-corrected chi connectivity index (χ1v) is 5.30. The van der Waals surface area contributed by atoms with Crippen molar-refractivity contribution in [2.75, 3.05) is 0 Å². The van der Waals surface area contributed by atoms with E-state index in [9.17, 15) is 10.2 Å². The minimum absolute atomic E-state index is 0.182. The highest BCUT2D eigenvalue weighted by Crippen LogP contribution is 2.30. The number of aliphatic hydroxyl groups is 2. The second kappa shape index (κ2) is 4.84. The molecular weight excluding hydrogens is 208 g/mol. The molecule has 0 aliphatic rings. The number of benzene rings is 1. The van der Waals surface area contributed by atoms with Gasteiger partial charge in [-0.1, -0.05) is 36.9 Å². The topological polar surface area (TPSA) is 40.5 Å². The zero-order valence-corrected chi connectivity index (χ0v) is 9.61. The molecule has 0 amide bonds. The van der Waals surface area contributed by atoms with Gasteiger partial charge in [0.25, 0.3) is 0 Å². The largest absolute Gasteiger partial charge is 0.366 e. The predicted molar refractivity (Wildman–Crippen MR) is 65.7 cm³/mol. The Morgan fingerprint density at radius 2 is 2.07 bits per heavy atom. The number of thiol groups is 1. The van der Waals surface area contributed by atoms with Gasteiger partial charge < -0.3 is 10.2 Å². The van der Waals surface area contributed by atoms with Gasteiger partial charge in [0.2, 0.25) is 0 Å². The Labute approximate surface area is 95.7 Å². The van der Waals surface area contributed by atoms with E-state index in [-0.39, 0.29) is 11.7 Å². The van der Waals surface area contributed by atoms with E-state index in [1.54, 1.807) is 6.08 Å². The van der Waals surface area contributed by atoms with E-state index in [4.69, 9.17) is 0 Å². The van der Waals surface area contributed by atoms with Crippen molar-refractivity contribution in [2.24, 2.45) is 0 Å². The average molecular weight is 224 g/mol. The molecule has 3 heteroatoms. The second-order valence-corrected chi connectivity index (χ2v) is 4.39. The minimum atomic E-state index is -1.69. The summed E-state index contributed by atoms with van der Waals surface area (Å²) in [6.45, 7) is 5.07. The lowest BCUT2D eigenvalue weighted by atomic mass is 10.00. The molecule has 1 aromatic rings. The second-order valence-electron chi connectivity index (χ2n) is 3.77. The first-order valence-electron chi connectivity index (χ1n) is 4.78. The van der Waals surface area contributed by atoms with Gasteiger partial charge in [-0.15, -0.1) is 0 Å². The van der Waals surface area contributed by atoms with Crippen molar-refractivity contribution in [3.8, 4) is 0 Å². The van der Waals surface area contributed by atoms with Crippen molar-refractivity contribution in [1.29, 1.82) is 0 Å². The molecule has 0 saturated carbocycles. The van der Waals surface area contributed by atoms with Crippen LogP contribution in [0.2, 0.25) is 0 Å². The SMILES string of the molecule is C=Cc1ccccc1C(S)CC(C)(O)O. The summed E-state index contributed by atoms with van der Waals surface area (Å²) in [6.07, 6.45) is 1.92. The van der Waals surface area contributed by atoms with Gasteiger partial charge in [0, 0.05) is 11.7 Å². The maximum atomic E-state index is 9.29. The van der Waals surface area contributed by atoms with E-state index < -0.39 is 5.79 Å². The van der Waals surface area contributed by atoms with Crippen LogP contribution in [-0.4, -0.2) is 16.0 Å². The summed E-state index contributed by atoms with van der Waals surface area (Å²) in [5, 5.41) is 18.4. The van der Waals surface area contributed by atoms with Gasteiger partial charge in [0.05, 0.1) is 0 Å². The highest BCUT2D eigenvalue weighted by Gasteiger charge is 2.21. The minimum Gasteiger partial charge on any atom is -0.366 e. The van der Waals surface area contributed by atoms with E-state index in [0.717, 1.165) is 11.1 Å². The molecule has 0 saturated heterocycles. The summed E-state index contributed by atoms with van der Waals surface area (Å²) in [5.41, 5.74) is 1.94. The molecule has 15 heavy (non-hydrogen) atoms. The van der Waals surface area contributed by atoms with Crippen LogP contribution in [0.1, 0.15) is 29.7 Å². The smallest absolute Gasteiger partial charge is 0.161 e. The average Bonchev–Trinajstić information content (AvgIpc) is 2.15. The van der Waals surface area contributed by atoms with Crippen LogP contribution in [0, 0.1) is 0 Å². The summed E-state index contributed by atoms with van der Waals surface area (Å²) in [4.78, 5) is 0. The first-order chi connectivity index (χ1) is 6.94. The van der Waals surface area contributed by atoms with Crippen LogP contribution < -0.4 is 0 Å². The molecule has 1 unspecified atom stereocenters. The maximum Gasteiger partial charge on any atom is 0.161 e. The molecule has 1 aromatic carbocycles. The molecule has 82 valence electrons. The van der Waals surface area contributed by atoms with Crippen LogP contribution in [0.4, 0.5) is 0 Å². The Morgan fingerprint density at radius 1 is 1.47 bits per heavy atom. The maximum absolute atomic E-state index is 9.29. The highest BCUT2D eigenvalue weighted by molar-refractivity contribution is 7.80. The van der Waals surface area contributed by atoms with E-state index in [2.05, 4.69) is 19.2 Å². The molecule has 1 atom stereocenters. The van der Waals surface area contributed by atoms with Crippen molar-refractivity contribution >= 4 is 18.7 Å². The third-order valence-corrected chi connectivity index (χ3v) is 2.62. The van der Waals surface area contributed by atoms with Gasteiger partial charge in [0.15, 0.2) is 5.79 Å². The van der Waals surface area contributed by atoms with Gasteiger partial charge in [-0.3, -0.25) is 0 Å². The molecule has 0 radical (unpaired) electrons.